The molecule has 1 fully saturated rings. The van der Waals surface area contributed by atoms with Crippen LogP contribution in [-0.4, -0.2) is 45.2 Å². The molecule has 9 heteroatoms. The van der Waals surface area contributed by atoms with Crippen molar-refractivity contribution in [2.45, 2.75) is 18.9 Å². The Morgan fingerprint density at radius 1 is 1.46 bits per heavy atom. The maximum absolute atomic E-state index is 14.2. The van der Waals surface area contributed by atoms with Crippen molar-refractivity contribution in [1.29, 1.82) is 0 Å². The number of benzene rings is 1. The van der Waals surface area contributed by atoms with Gasteiger partial charge in [0.25, 0.3) is 0 Å². The van der Waals surface area contributed by atoms with Crippen LogP contribution in [0.25, 0.3) is 0 Å². The van der Waals surface area contributed by atoms with Crippen molar-refractivity contribution >= 4 is 50.9 Å². The van der Waals surface area contributed by atoms with E-state index in [0.717, 1.165) is 19.0 Å². The molecule has 0 radical (unpaired) electrons. The Balaban J connectivity index is 1.68. The molecule has 0 aliphatic carbocycles. The second kappa shape index (κ2) is 9.84. The topological polar surface area (TPSA) is 70.2 Å². The number of halogens is 3. The number of carbonyl (C=O) groups excluding carboxylic acids is 1. The van der Waals surface area contributed by atoms with Crippen molar-refractivity contribution in [3.8, 4) is 0 Å². The van der Waals surface area contributed by atoms with Crippen molar-refractivity contribution in [2.24, 2.45) is 0 Å². The average molecular weight is 469 g/mol. The number of amides is 1. The number of likely N-dealkylation sites (tertiary alicyclic amines) is 1. The number of piperidine rings is 1. The van der Waals surface area contributed by atoms with E-state index in [1.165, 1.54) is 0 Å². The highest BCUT2D eigenvalue weighted by Gasteiger charge is 2.23. The van der Waals surface area contributed by atoms with E-state index >= 15 is 0 Å². The minimum absolute atomic E-state index is 0.0441. The molecule has 2 aromatic rings. The second-order valence-corrected chi connectivity index (χ2v) is 7.43. The van der Waals surface area contributed by atoms with Gasteiger partial charge in [-0.05, 0) is 37.1 Å². The molecule has 1 atom stereocenters. The molecule has 6 nitrogen and oxygen atoms in total. The van der Waals surface area contributed by atoms with Gasteiger partial charge in [0.15, 0.2) is 11.6 Å². The zero-order valence-electron chi connectivity index (χ0n) is 15.0. The standard InChI is InChI=1S/C19H20BrClFN5O/c20-8-2-7-17(28)27-9-3-6-15(12-27)24-18-16(22)11-23-19(26-18)25-14-5-1-4-13(21)10-14/h1-2,4-5,7,10-11,15H,3,6,8-9,12H2,(H2,23,24,25,26). The molecule has 148 valence electrons. The highest BCUT2D eigenvalue weighted by molar-refractivity contribution is 9.09. The van der Waals surface area contributed by atoms with Gasteiger partial charge >= 0.3 is 0 Å². The van der Waals surface area contributed by atoms with Crippen LogP contribution in [0.15, 0.2) is 42.6 Å². The Labute approximate surface area is 176 Å². The quantitative estimate of drug-likeness (QED) is 0.487. The average Bonchev–Trinajstić information content (AvgIpc) is 2.69. The van der Waals surface area contributed by atoms with Gasteiger partial charge in [-0.2, -0.15) is 4.98 Å². The monoisotopic (exact) mass is 467 g/mol. The maximum atomic E-state index is 14.2. The number of allylic oxidation sites excluding steroid dienone is 1. The van der Waals surface area contributed by atoms with Gasteiger partial charge < -0.3 is 15.5 Å². The van der Waals surface area contributed by atoms with Crippen molar-refractivity contribution in [1.82, 2.24) is 14.9 Å². The SMILES string of the molecule is O=C(C=CCBr)N1CCCC(Nc2nc(Nc3cccc(Cl)c3)ncc2F)C1. The summed E-state index contributed by atoms with van der Waals surface area (Å²) >= 11 is 9.24. The van der Waals surface area contributed by atoms with Gasteiger partial charge in [-0.3, -0.25) is 4.79 Å². The summed E-state index contributed by atoms with van der Waals surface area (Å²) in [5, 5.41) is 7.32. The number of carbonyl (C=O) groups is 1. The molecule has 1 amide bonds. The smallest absolute Gasteiger partial charge is 0.246 e. The highest BCUT2D eigenvalue weighted by atomic mass is 79.9. The van der Waals surface area contributed by atoms with E-state index < -0.39 is 5.82 Å². The fourth-order valence-electron chi connectivity index (χ4n) is 2.96. The van der Waals surface area contributed by atoms with Crippen LogP contribution in [0.1, 0.15) is 12.8 Å². The van der Waals surface area contributed by atoms with Gasteiger partial charge in [0.1, 0.15) is 0 Å². The Morgan fingerprint density at radius 3 is 3.11 bits per heavy atom. The second-order valence-electron chi connectivity index (χ2n) is 6.35. The van der Waals surface area contributed by atoms with Crippen LogP contribution < -0.4 is 10.6 Å². The summed E-state index contributed by atoms with van der Waals surface area (Å²) in [4.78, 5) is 22.1. The van der Waals surface area contributed by atoms with Crippen molar-refractivity contribution < 1.29 is 9.18 Å². The minimum Gasteiger partial charge on any atom is -0.363 e. The summed E-state index contributed by atoms with van der Waals surface area (Å²) in [6.07, 6.45) is 6.09. The number of aromatic nitrogens is 2. The molecule has 1 aromatic carbocycles. The minimum atomic E-state index is -0.542. The van der Waals surface area contributed by atoms with E-state index in [1.807, 2.05) is 6.07 Å². The first-order valence-corrected chi connectivity index (χ1v) is 10.4. The molecule has 1 aliphatic rings. The Hall–Kier alpha value is -2.19. The molecular formula is C19H20BrClFN5O. The number of hydrogen-bond donors (Lipinski definition) is 2. The number of rotatable bonds is 6. The van der Waals surface area contributed by atoms with E-state index in [0.29, 0.717) is 29.1 Å². The third kappa shape index (κ3) is 5.65. The van der Waals surface area contributed by atoms with E-state index in [9.17, 15) is 9.18 Å². The zero-order chi connectivity index (χ0) is 19.9. The van der Waals surface area contributed by atoms with Gasteiger partial charge in [-0.1, -0.05) is 39.7 Å². The Morgan fingerprint density at radius 2 is 2.32 bits per heavy atom. The number of alkyl halides is 1. The lowest BCUT2D eigenvalue weighted by molar-refractivity contribution is -0.127. The first-order valence-electron chi connectivity index (χ1n) is 8.88. The van der Waals surface area contributed by atoms with Crippen LogP contribution in [0.4, 0.5) is 21.8 Å². The lowest BCUT2D eigenvalue weighted by Gasteiger charge is -2.32. The number of anilines is 3. The fraction of sp³-hybridized carbons (Fsp3) is 0.316. The van der Waals surface area contributed by atoms with Crippen molar-refractivity contribution in [2.75, 3.05) is 29.1 Å². The molecule has 3 rings (SSSR count). The Kier molecular flexibility index (Phi) is 7.22. The molecule has 0 saturated carbocycles. The van der Waals surface area contributed by atoms with Gasteiger partial charge in [0, 0.05) is 35.2 Å². The molecule has 2 heterocycles. The van der Waals surface area contributed by atoms with Crippen LogP contribution in [0, 0.1) is 5.82 Å². The maximum Gasteiger partial charge on any atom is 0.246 e. The molecule has 28 heavy (non-hydrogen) atoms. The number of hydrogen-bond acceptors (Lipinski definition) is 5. The van der Waals surface area contributed by atoms with Gasteiger partial charge in [-0.15, -0.1) is 0 Å². The number of nitrogens with zero attached hydrogens (tertiary/aromatic N) is 3. The Bertz CT molecular complexity index is 866. The molecular weight excluding hydrogens is 449 g/mol. The first kappa shape index (κ1) is 20.5. The third-order valence-electron chi connectivity index (χ3n) is 4.25. The molecule has 1 aromatic heterocycles. The summed E-state index contributed by atoms with van der Waals surface area (Å²) in [7, 11) is 0. The molecule has 1 unspecified atom stereocenters. The molecule has 2 N–H and O–H groups in total. The van der Waals surface area contributed by atoms with E-state index in [2.05, 4.69) is 36.5 Å². The van der Waals surface area contributed by atoms with Gasteiger partial charge in [-0.25, -0.2) is 9.37 Å². The van der Waals surface area contributed by atoms with Crippen LogP contribution in [-0.2, 0) is 4.79 Å². The zero-order valence-corrected chi connectivity index (χ0v) is 17.4. The third-order valence-corrected chi connectivity index (χ3v) is 4.86. The van der Waals surface area contributed by atoms with E-state index in [4.69, 9.17) is 11.6 Å². The van der Waals surface area contributed by atoms with Crippen molar-refractivity contribution in [3.05, 3.63) is 53.5 Å². The lowest BCUT2D eigenvalue weighted by Crippen LogP contribution is -2.44. The molecule has 1 saturated heterocycles. The molecule has 1 aliphatic heterocycles. The molecule has 0 spiro atoms. The van der Waals surface area contributed by atoms with E-state index in [-0.39, 0.29) is 23.7 Å². The largest absolute Gasteiger partial charge is 0.363 e. The van der Waals surface area contributed by atoms with E-state index in [1.54, 1.807) is 35.3 Å². The highest BCUT2D eigenvalue weighted by Crippen LogP contribution is 2.21. The van der Waals surface area contributed by atoms with Crippen LogP contribution in [0.5, 0.6) is 0 Å². The van der Waals surface area contributed by atoms with Crippen LogP contribution in [0.2, 0.25) is 5.02 Å². The first-order chi connectivity index (χ1) is 13.5. The van der Waals surface area contributed by atoms with Crippen LogP contribution >= 0.6 is 27.5 Å². The summed E-state index contributed by atoms with van der Waals surface area (Å²) in [5.41, 5.74) is 0.707. The lowest BCUT2D eigenvalue weighted by atomic mass is 10.1. The van der Waals surface area contributed by atoms with Crippen LogP contribution in [0.3, 0.4) is 0 Å². The summed E-state index contributed by atoms with van der Waals surface area (Å²) < 4.78 is 14.2. The molecule has 0 bridgehead atoms. The fourth-order valence-corrected chi connectivity index (χ4v) is 3.34. The normalized spacial score (nSPS) is 17.0. The van der Waals surface area contributed by atoms with Gasteiger partial charge in [0.05, 0.1) is 6.20 Å². The summed E-state index contributed by atoms with van der Waals surface area (Å²) in [5.74, 6) is -0.221. The number of nitrogens with one attached hydrogen (secondary N) is 2. The predicted molar refractivity (Wildman–Crippen MR) is 113 cm³/mol. The van der Waals surface area contributed by atoms with Crippen molar-refractivity contribution in [3.63, 3.8) is 0 Å². The summed E-state index contributed by atoms with van der Waals surface area (Å²) in [6.45, 7) is 1.18. The predicted octanol–water partition coefficient (Wildman–Crippen LogP) is 4.37. The van der Waals surface area contributed by atoms with Gasteiger partial charge in [0.2, 0.25) is 11.9 Å². The summed E-state index contributed by atoms with van der Waals surface area (Å²) in [6, 6.07) is 7.02.